The molecular formula is C57H46N2O3. The van der Waals surface area contributed by atoms with Crippen LogP contribution in [0, 0.1) is 13.8 Å². The number of fused-ring (bicyclic) bond motifs is 7. The van der Waals surface area contributed by atoms with Gasteiger partial charge in [-0.1, -0.05) is 103 Å². The lowest BCUT2D eigenvalue weighted by atomic mass is 9.83. The number of rotatable bonds is 6. The van der Waals surface area contributed by atoms with Crippen molar-refractivity contribution in [1.29, 1.82) is 0 Å². The smallest absolute Gasteiger partial charge is 0.188 e. The van der Waals surface area contributed by atoms with Gasteiger partial charge in [-0.2, -0.15) is 0 Å². The van der Waals surface area contributed by atoms with E-state index in [0.29, 0.717) is 0 Å². The summed E-state index contributed by atoms with van der Waals surface area (Å²) >= 11 is 0. The number of hydrogen-bond donors (Lipinski definition) is 0. The number of benzene rings is 7. The monoisotopic (exact) mass is 806 g/mol. The SMILES string of the molecule is Cc1ccc(-c2cc(-c3ccc(C)c(C4c5ccccc5OC4C)c3)cc(-c3ccc4c(c3)C3c5ccccc5OC3N4c3ccccn3)c2)cc1C1c2ccccc2OC1C. The maximum absolute atomic E-state index is 6.73. The minimum absolute atomic E-state index is 0.0342. The zero-order chi connectivity index (χ0) is 41.6. The average Bonchev–Trinajstić information content (AvgIpc) is 4.04. The number of para-hydroxylation sites is 3. The third-order valence-corrected chi connectivity index (χ3v) is 13.8. The highest BCUT2D eigenvalue weighted by molar-refractivity contribution is 5.85. The highest BCUT2D eigenvalue weighted by atomic mass is 16.5. The molecule has 4 aliphatic rings. The Morgan fingerprint density at radius 3 is 1.37 bits per heavy atom. The number of aryl methyl sites for hydroxylation is 2. The van der Waals surface area contributed by atoms with Crippen molar-refractivity contribution in [2.75, 3.05) is 4.90 Å². The molecule has 0 spiro atoms. The van der Waals surface area contributed by atoms with Gasteiger partial charge in [-0.3, -0.25) is 4.90 Å². The second-order valence-electron chi connectivity index (χ2n) is 17.5. The van der Waals surface area contributed by atoms with E-state index >= 15 is 0 Å². The molecule has 0 aliphatic carbocycles. The lowest BCUT2D eigenvalue weighted by molar-refractivity contribution is 0.233. The Kier molecular flexibility index (Phi) is 8.43. The summed E-state index contributed by atoms with van der Waals surface area (Å²) in [5.41, 5.74) is 18.3. The van der Waals surface area contributed by atoms with Crippen LogP contribution in [0.2, 0.25) is 0 Å². The molecule has 0 N–H and O–H groups in total. The molecule has 1 aromatic heterocycles. The molecule has 0 saturated heterocycles. The minimum atomic E-state index is -0.217. The first-order chi connectivity index (χ1) is 30.4. The van der Waals surface area contributed by atoms with E-state index in [0.717, 1.165) is 39.9 Å². The zero-order valence-electron chi connectivity index (χ0n) is 35.2. The van der Waals surface area contributed by atoms with E-state index in [9.17, 15) is 0 Å². The molecule has 5 nitrogen and oxygen atoms in total. The summed E-state index contributed by atoms with van der Waals surface area (Å²) in [5, 5.41) is 0. The first-order valence-corrected chi connectivity index (χ1v) is 21.9. The quantitative estimate of drug-likeness (QED) is 0.167. The van der Waals surface area contributed by atoms with Gasteiger partial charge in [0.1, 0.15) is 35.3 Å². The van der Waals surface area contributed by atoms with Crippen molar-refractivity contribution in [2.45, 2.75) is 63.9 Å². The maximum atomic E-state index is 6.73. The van der Waals surface area contributed by atoms with E-state index < -0.39 is 0 Å². The summed E-state index contributed by atoms with van der Waals surface area (Å²) in [6.07, 6.45) is 1.71. The molecule has 0 bridgehead atoms. The molecule has 5 heteroatoms. The molecule has 0 fully saturated rings. The van der Waals surface area contributed by atoms with Gasteiger partial charge in [-0.15, -0.1) is 0 Å². The molecule has 6 unspecified atom stereocenters. The first kappa shape index (κ1) is 36.7. The maximum Gasteiger partial charge on any atom is 0.188 e. The Morgan fingerprint density at radius 2 is 0.855 bits per heavy atom. The fourth-order valence-electron chi connectivity index (χ4n) is 10.8. The standard InChI is InChI=1S/C57H46N2O3/c1-33-20-22-37(30-46(33)54-35(3)60-50-16-8-5-13-43(50)54)40-27-41(38-23-21-34(2)47(31-38)55-36(4)61-51-17-9-6-14-44(51)55)29-42(28-40)39-24-25-49-48(32-39)56-45-15-7-10-18-52(45)62-57(56)59(49)53-19-11-12-26-58-53/h5-32,35-36,54-57H,1-4H3. The van der Waals surface area contributed by atoms with E-state index in [-0.39, 0.29) is 36.2 Å². The van der Waals surface area contributed by atoms with Crippen LogP contribution in [-0.2, 0) is 0 Å². The summed E-state index contributed by atoms with van der Waals surface area (Å²) in [6.45, 7) is 8.84. The Labute approximate surface area is 363 Å². The van der Waals surface area contributed by atoms with Crippen molar-refractivity contribution in [3.8, 4) is 50.6 Å². The van der Waals surface area contributed by atoms with Gasteiger partial charge in [0.05, 0.1) is 11.6 Å². The van der Waals surface area contributed by atoms with E-state index in [1.165, 1.54) is 66.8 Å². The van der Waals surface area contributed by atoms with Crippen LogP contribution < -0.4 is 19.1 Å². The van der Waals surface area contributed by atoms with E-state index in [1.54, 1.807) is 0 Å². The topological polar surface area (TPSA) is 43.8 Å². The van der Waals surface area contributed by atoms with Crippen LogP contribution in [0.3, 0.4) is 0 Å². The number of aromatic nitrogens is 1. The molecule has 8 aromatic rings. The largest absolute Gasteiger partial charge is 0.489 e. The Hall–Kier alpha value is -7.11. The number of anilines is 2. The highest BCUT2D eigenvalue weighted by Crippen LogP contribution is 2.55. The molecule has 6 atom stereocenters. The van der Waals surface area contributed by atoms with Crippen molar-refractivity contribution in [1.82, 2.24) is 4.98 Å². The van der Waals surface area contributed by atoms with Crippen molar-refractivity contribution < 1.29 is 14.2 Å². The van der Waals surface area contributed by atoms with Gasteiger partial charge in [-0.05, 0) is 150 Å². The van der Waals surface area contributed by atoms with Crippen molar-refractivity contribution in [3.63, 3.8) is 0 Å². The fraction of sp³-hybridized carbons (Fsp3) is 0.175. The van der Waals surface area contributed by atoms with Crippen molar-refractivity contribution in [3.05, 3.63) is 214 Å². The average molecular weight is 807 g/mol. The van der Waals surface area contributed by atoms with Crippen molar-refractivity contribution in [2.24, 2.45) is 0 Å². The summed E-state index contributed by atoms with van der Waals surface area (Å²) in [4.78, 5) is 7.07. The van der Waals surface area contributed by atoms with Crippen LogP contribution in [0.1, 0.15) is 76.1 Å². The molecule has 7 aromatic carbocycles. The van der Waals surface area contributed by atoms with Crippen molar-refractivity contribution >= 4 is 11.5 Å². The zero-order valence-corrected chi connectivity index (χ0v) is 35.2. The predicted octanol–water partition coefficient (Wildman–Crippen LogP) is 13.5. The van der Waals surface area contributed by atoms with E-state index in [2.05, 4.69) is 184 Å². The van der Waals surface area contributed by atoms with E-state index in [1.807, 2.05) is 18.3 Å². The van der Waals surface area contributed by atoms with Gasteiger partial charge in [0.25, 0.3) is 0 Å². The lowest BCUT2D eigenvalue weighted by Crippen LogP contribution is -2.32. The second kappa shape index (κ2) is 14.2. The number of hydrogen-bond acceptors (Lipinski definition) is 5. The molecule has 302 valence electrons. The van der Waals surface area contributed by atoms with Gasteiger partial charge in [0.2, 0.25) is 0 Å². The van der Waals surface area contributed by atoms with Crippen LogP contribution in [0.5, 0.6) is 17.2 Å². The molecular weight excluding hydrogens is 761 g/mol. The second-order valence-corrected chi connectivity index (χ2v) is 17.5. The normalized spacial score (nSPS) is 21.3. The summed E-state index contributed by atoms with van der Waals surface area (Å²) in [7, 11) is 0. The third kappa shape index (κ3) is 5.79. The Morgan fingerprint density at radius 1 is 0.403 bits per heavy atom. The minimum Gasteiger partial charge on any atom is -0.489 e. The summed E-state index contributed by atoms with van der Waals surface area (Å²) in [5.74, 6) is 4.12. The van der Waals surface area contributed by atoms with Crippen LogP contribution in [0.25, 0.3) is 33.4 Å². The van der Waals surface area contributed by atoms with Gasteiger partial charge in [-0.25, -0.2) is 4.98 Å². The van der Waals surface area contributed by atoms with Crippen LogP contribution in [0.15, 0.2) is 170 Å². The molecule has 0 radical (unpaired) electrons. The third-order valence-electron chi connectivity index (χ3n) is 13.8. The van der Waals surface area contributed by atoms with Gasteiger partial charge in [0, 0.05) is 34.7 Å². The van der Waals surface area contributed by atoms with Crippen LogP contribution in [0.4, 0.5) is 11.5 Å². The van der Waals surface area contributed by atoms with Gasteiger partial charge < -0.3 is 14.2 Å². The lowest BCUT2D eigenvalue weighted by Gasteiger charge is -2.25. The molecule has 12 rings (SSSR count). The Bertz CT molecular complexity index is 2940. The van der Waals surface area contributed by atoms with Gasteiger partial charge >= 0.3 is 0 Å². The number of nitrogens with zero attached hydrogens (tertiary/aromatic N) is 2. The highest BCUT2D eigenvalue weighted by Gasteiger charge is 2.48. The molecule has 62 heavy (non-hydrogen) atoms. The number of ether oxygens (including phenoxy) is 3. The Balaban J connectivity index is 1.03. The van der Waals surface area contributed by atoms with E-state index in [4.69, 9.17) is 19.2 Å². The summed E-state index contributed by atoms with van der Waals surface area (Å²) in [6, 6.07) is 59.6. The molecule has 5 heterocycles. The fourth-order valence-corrected chi connectivity index (χ4v) is 10.8. The molecule has 0 amide bonds. The van der Waals surface area contributed by atoms with Crippen LogP contribution >= 0.6 is 0 Å². The molecule has 0 saturated carbocycles. The van der Waals surface area contributed by atoms with Crippen LogP contribution in [-0.4, -0.2) is 23.4 Å². The molecule has 4 aliphatic heterocycles. The van der Waals surface area contributed by atoms with Gasteiger partial charge in [0.15, 0.2) is 6.23 Å². The summed E-state index contributed by atoms with van der Waals surface area (Å²) < 4.78 is 19.6. The number of pyridine rings is 1. The first-order valence-electron chi connectivity index (χ1n) is 21.9. The predicted molar refractivity (Wildman–Crippen MR) is 248 cm³/mol.